The summed E-state index contributed by atoms with van der Waals surface area (Å²) in [7, 11) is 0. The fourth-order valence-corrected chi connectivity index (χ4v) is 7.75. The summed E-state index contributed by atoms with van der Waals surface area (Å²) < 4.78 is 95.7. The standard InChI is InChI=1S/C35H44F6O2/c1-2-3-18-42-28-15-10-23(11-16-28)22-4-6-24(7-5-22)26-12-17-30(31(36)19-26)25-8-13-27(14-9-25)35(40,41)43-29-20-32(37)34(39)33(38)21-29/h12,17,19-25,27-28H,2-11,13-16,18H2,1H3. The maximum absolute atomic E-state index is 15.3. The van der Waals surface area contributed by atoms with Crippen molar-refractivity contribution in [1.29, 1.82) is 0 Å². The fourth-order valence-electron chi connectivity index (χ4n) is 7.75. The number of unbranched alkanes of at least 4 members (excludes halogenated alkanes) is 1. The number of hydrogen-bond donors (Lipinski definition) is 0. The summed E-state index contributed by atoms with van der Waals surface area (Å²) >= 11 is 0. The van der Waals surface area contributed by atoms with Crippen molar-refractivity contribution in [3.05, 3.63) is 64.7 Å². The number of ether oxygens (including phenoxy) is 2. The smallest absolute Gasteiger partial charge is 0.400 e. The van der Waals surface area contributed by atoms with E-state index in [1.807, 2.05) is 12.1 Å². The average Bonchev–Trinajstić information content (AvgIpc) is 3.00. The SMILES string of the molecule is CCCCOC1CCC(C2CCC(c3ccc(C4CCC(C(F)(F)Oc5cc(F)c(F)c(F)c5)CC4)c(F)c3)CC2)CC1. The Kier molecular flexibility index (Phi) is 10.7. The summed E-state index contributed by atoms with van der Waals surface area (Å²) in [5.41, 5.74) is 1.58. The zero-order valence-corrected chi connectivity index (χ0v) is 25.0. The Morgan fingerprint density at radius 3 is 1.86 bits per heavy atom. The van der Waals surface area contributed by atoms with Crippen LogP contribution in [-0.2, 0) is 4.74 Å². The van der Waals surface area contributed by atoms with Crippen LogP contribution in [-0.4, -0.2) is 18.8 Å². The highest BCUT2D eigenvalue weighted by Crippen LogP contribution is 2.46. The number of rotatable bonds is 10. The van der Waals surface area contributed by atoms with Crippen molar-refractivity contribution >= 4 is 0 Å². The molecule has 8 heteroatoms. The molecule has 3 aliphatic carbocycles. The Balaban J connectivity index is 1.09. The molecule has 0 saturated heterocycles. The molecule has 0 radical (unpaired) electrons. The first-order valence-electron chi connectivity index (χ1n) is 16.3. The highest BCUT2D eigenvalue weighted by atomic mass is 19.3. The van der Waals surface area contributed by atoms with Crippen LogP contribution in [0.3, 0.4) is 0 Å². The van der Waals surface area contributed by atoms with E-state index in [1.165, 1.54) is 44.9 Å². The lowest BCUT2D eigenvalue weighted by molar-refractivity contribution is -0.222. The van der Waals surface area contributed by atoms with E-state index in [1.54, 1.807) is 6.07 Å². The van der Waals surface area contributed by atoms with Gasteiger partial charge in [0.05, 0.1) is 12.0 Å². The van der Waals surface area contributed by atoms with Gasteiger partial charge in [0.1, 0.15) is 11.6 Å². The van der Waals surface area contributed by atoms with Gasteiger partial charge in [0, 0.05) is 18.7 Å². The molecule has 0 N–H and O–H groups in total. The van der Waals surface area contributed by atoms with Crippen LogP contribution < -0.4 is 4.74 Å². The first-order chi connectivity index (χ1) is 20.6. The molecule has 0 spiro atoms. The van der Waals surface area contributed by atoms with E-state index in [4.69, 9.17) is 4.74 Å². The lowest BCUT2D eigenvalue weighted by Crippen LogP contribution is -2.37. The zero-order chi connectivity index (χ0) is 30.6. The van der Waals surface area contributed by atoms with Crippen molar-refractivity contribution < 1.29 is 35.8 Å². The minimum Gasteiger partial charge on any atom is -0.432 e. The van der Waals surface area contributed by atoms with Crippen LogP contribution in [0, 0.1) is 41.0 Å². The van der Waals surface area contributed by atoms with Gasteiger partial charge in [-0.2, -0.15) is 8.78 Å². The van der Waals surface area contributed by atoms with E-state index in [9.17, 15) is 22.0 Å². The van der Waals surface area contributed by atoms with Crippen molar-refractivity contribution in [2.24, 2.45) is 17.8 Å². The van der Waals surface area contributed by atoms with Crippen LogP contribution in [0.2, 0.25) is 0 Å². The van der Waals surface area contributed by atoms with Gasteiger partial charge in [0.2, 0.25) is 0 Å². The van der Waals surface area contributed by atoms with Gasteiger partial charge >= 0.3 is 6.11 Å². The highest BCUT2D eigenvalue weighted by molar-refractivity contribution is 5.30. The van der Waals surface area contributed by atoms with Gasteiger partial charge in [-0.25, -0.2) is 17.6 Å². The van der Waals surface area contributed by atoms with E-state index in [-0.39, 0.29) is 24.6 Å². The van der Waals surface area contributed by atoms with Crippen LogP contribution in [0.1, 0.15) is 120 Å². The largest absolute Gasteiger partial charge is 0.432 e. The molecular formula is C35H44F6O2. The Hall–Kier alpha value is -2.22. The molecule has 238 valence electrons. The maximum Gasteiger partial charge on any atom is 0.400 e. The Morgan fingerprint density at radius 2 is 1.28 bits per heavy atom. The quantitative estimate of drug-likeness (QED) is 0.151. The Bertz CT molecular complexity index is 1170. The molecule has 43 heavy (non-hydrogen) atoms. The van der Waals surface area contributed by atoms with E-state index in [2.05, 4.69) is 11.7 Å². The molecule has 0 atom stereocenters. The van der Waals surface area contributed by atoms with Crippen LogP contribution >= 0.6 is 0 Å². The Morgan fingerprint density at radius 1 is 0.698 bits per heavy atom. The van der Waals surface area contributed by atoms with E-state index >= 15 is 4.39 Å². The number of hydrogen-bond acceptors (Lipinski definition) is 2. The predicted molar refractivity (Wildman–Crippen MR) is 154 cm³/mol. The first-order valence-corrected chi connectivity index (χ1v) is 16.3. The van der Waals surface area contributed by atoms with Gasteiger partial charge < -0.3 is 9.47 Å². The normalized spacial score (nSPS) is 28.5. The molecule has 0 amide bonds. The molecule has 3 fully saturated rings. The van der Waals surface area contributed by atoms with Gasteiger partial charge in [-0.05, 0) is 124 Å². The van der Waals surface area contributed by atoms with Gasteiger partial charge in [-0.1, -0.05) is 25.5 Å². The summed E-state index contributed by atoms with van der Waals surface area (Å²) in [5, 5.41) is 0. The molecule has 2 nitrogen and oxygen atoms in total. The monoisotopic (exact) mass is 610 g/mol. The zero-order valence-electron chi connectivity index (χ0n) is 25.0. The fraction of sp³-hybridized carbons (Fsp3) is 0.657. The molecule has 0 aliphatic heterocycles. The number of alkyl halides is 2. The third-order valence-corrected chi connectivity index (χ3v) is 10.4. The molecular weight excluding hydrogens is 566 g/mol. The molecule has 0 aromatic heterocycles. The van der Waals surface area contributed by atoms with Crippen LogP contribution in [0.4, 0.5) is 26.3 Å². The highest BCUT2D eigenvalue weighted by Gasteiger charge is 2.44. The maximum atomic E-state index is 15.3. The van der Waals surface area contributed by atoms with Gasteiger partial charge in [-0.15, -0.1) is 0 Å². The lowest BCUT2D eigenvalue weighted by atomic mass is 9.69. The third-order valence-electron chi connectivity index (χ3n) is 10.4. The minimum absolute atomic E-state index is 0.0712. The lowest BCUT2D eigenvalue weighted by Gasteiger charge is -2.38. The summed E-state index contributed by atoms with van der Waals surface area (Å²) in [6.07, 6.45) is 9.21. The molecule has 0 heterocycles. The third kappa shape index (κ3) is 7.90. The molecule has 3 saturated carbocycles. The van der Waals surface area contributed by atoms with Crippen molar-refractivity contribution in [1.82, 2.24) is 0 Å². The summed E-state index contributed by atoms with van der Waals surface area (Å²) in [4.78, 5) is 0. The topological polar surface area (TPSA) is 18.5 Å². The van der Waals surface area contributed by atoms with Crippen LogP contribution in [0.25, 0.3) is 0 Å². The number of halogens is 6. The van der Waals surface area contributed by atoms with Gasteiger partial charge in [-0.3, -0.25) is 0 Å². The van der Waals surface area contributed by atoms with Crippen molar-refractivity contribution in [2.75, 3.05) is 6.61 Å². The van der Waals surface area contributed by atoms with E-state index in [0.29, 0.717) is 42.6 Å². The molecule has 2 aromatic carbocycles. The van der Waals surface area contributed by atoms with E-state index < -0.39 is 35.2 Å². The van der Waals surface area contributed by atoms with E-state index in [0.717, 1.165) is 43.3 Å². The number of benzene rings is 2. The molecule has 5 rings (SSSR count). The minimum atomic E-state index is -3.69. The second-order valence-corrected chi connectivity index (χ2v) is 13.1. The van der Waals surface area contributed by atoms with Gasteiger partial charge in [0.25, 0.3) is 0 Å². The van der Waals surface area contributed by atoms with Crippen LogP contribution in [0.15, 0.2) is 30.3 Å². The van der Waals surface area contributed by atoms with Crippen molar-refractivity contribution in [3.63, 3.8) is 0 Å². The first kappa shape index (κ1) is 32.2. The Labute approximate surface area is 251 Å². The summed E-state index contributed by atoms with van der Waals surface area (Å²) in [5.74, 6) is -5.46. The molecule has 3 aliphatic rings. The summed E-state index contributed by atoms with van der Waals surface area (Å²) in [6.45, 7) is 3.07. The summed E-state index contributed by atoms with van der Waals surface area (Å²) in [6, 6.07) is 6.33. The molecule has 0 unspecified atom stereocenters. The molecule has 0 bridgehead atoms. The van der Waals surface area contributed by atoms with Crippen LogP contribution in [0.5, 0.6) is 5.75 Å². The molecule has 2 aromatic rings. The van der Waals surface area contributed by atoms with Crippen molar-refractivity contribution in [2.45, 2.75) is 121 Å². The van der Waals surface area contributed by atoms with Crippen molar-refractivity contribution in [3.8, 4) is 5.75 Å². The second-order valence-electron chi connectivity index (χ2n) is 13.1. The second kappa shape index (κ2) is 14.3. The van der Waals surface area contributed by atoms with Gasteiger partial charge in [0.15, 0.2) is 17.5 Å². The average molecular weight is 611 g/mol. The predicted octanol–water partition coefficient (Wildman–Crippen LogP) is 10.8.